The van der Waals surface area contributed by atoms with Crippen LogP contribution >= 0.6 is 0 Å². The van der Waals surface area contributed by atoms with Crippen molar-refractivity contribution in [2.45, 2.75) is 12.5 Å². The minimum atomic E-state index is 0.217. The minimum Gasteiger partial charge on any atom is -0.396 e. The maximum atomic E-state index is 8.73. The van der Waals surface area contributed by atoms with Crippen LogP contribution in [0.3, 0.4) is 0 Å². The molecular weight excluding hydrogens is 152 g/mol. The molecule has 1 N–H and O–H groups in total. The van der Waals surface area contributed by atoms with E-state index < -0.39 is 0 Å². The summed E-state index contributed by atoms with van der Waals surface area (Å²) in [4.78, 5) is 0. The summed E-state index contributed by atoms with van der Waals surface area (Å²) in [6.07, 6.45) is 1.06. The molecule has 2 heteroatoms. The number of hydrogen-bond donors (Lipinski definition) is 1. The van der Waals surface area contributed by atoms with E-state index in [0.717, 1.165) is 13.0 Å². The van der Waals surface area contributed by atoms with Crippen molar-refractivity contribution in [1.29, 1.82) is 0 Å². The Morgan fingerprint density at radius 3 is 3.00 bits per heavy atom. The molecule has 2 nitrogen and oxygen atoms in total. The van der Waals surface area contributed by atoms with Gasteiger partial charge in [0.2, 0.25) is 0 Å². The van der Waals surface area contributed by atoms with Gasteiger partial charge >= 0.3 is 0 Å². The Hall–Kier alpha value is -0.860. The highest BCUT2D eigenvalue weighted by Crippen LogP contribution is 2.29. The lowest BCUT2D eigenvalue weighted by Crippen LogP contribution is -1.91. The molecule has 0 radical (unpaired) electrons. The molecule has 0 saturated carbocycles. The molecule has 1 aliphatic heterocycles. The van der Waals surface area contributed by atoms with Gasteiger partial charge in [-0.25, -0.2) is 0 Å². The minimum absolute atomic E-state index is 0.217. The number of aliphatic hydroxyl groups is 1. The molecule has 1 aromatic rings. The molecule has 1 saturated heterocycles. The standard InChI is InChI=1S/C10H12O2/c11-5-4-8-2-1-3-9(6-8)10-7-12-10/h1-3,6,10-11H,4-5,7H2. The van der Waals surface area contributed by atoms with E-state index >= 15 is 0 Å². The SMILES string of the molecule is OCCc1cccc(C2CO2)c1. The van der Waals surface area contributed by atoms with E-state index in [0.29, 0.717) is 6.10 Å². The maximum Gasteiger partial charge on any atom is 0.106 e. The summed E-state index contributed by atoms with van der Waals surface area (Å²) < 4.78 is 5.17. The number of benzene rings is 1. The predicted molar refractivity (Wildman–Crippen MR) is 45.9 cm³/mol. The van der Waals surface area contributed by atoms with Crippen LogP contribution in [0.2, 0.25) is 0 Å². The summed E-state index contributed by atoms with van der Waals surface area (Å²) in [7, 11) is 0. The molecule has 1 atom stereocenters. The molecule has 0 aliphatic carbocycles. The third-order valence-electron chi connectivity index (χ3n) is 2.06. The predicted octanol–water partition coefficient (Wildman–Crippen LogP) is 1.29. The van der Waals surface area contributed by atoms with E-state index in [1.165, 1.54) is 11.1 Å². The number of rotatable bonds is 3. The Morgan fingerprint density at radius 2 is 2.33 bits per heavy atom. The van der Waals surface area contributed by atoms with E-state index in [1.54, 1.807) is 0 Å². The molecule has 1 aromatic carbocycles. The van der Waals surface area contributed by atoms with Gasteiger partial charge in [-0.3, -0.25) is 0 Å². The van der Waals surface area contributed by atoms with Gasteiger partial charge in [0.05, 0.1) is 6.61 Å². The summed E-state index contributed by atoms with van der Waals surface area (Å²) in [5.74, 6) is 0. The Kier molecular flexibility index (Phi) is 2.11. The first-order valence-electron chi connectivity index (χ1n) is 4.21. The molecule has 64 valence electrons. The third-order valence-corrected chi connectivity index (χ3v) is 2.06. The summed E-state index contributed by atoms with van der Waals surface area (Å²) >= 11 is 0. The third kappa shape index (κ3) is 1.65. The average molecular weight is 164 g/mol. The fourth-order valence-corrected chi connectivity index (χ4v) is 1.32. The smallest absolute Gasteiger partial charge is 0.106 e. The fraction of sp³-hybridized carbons (Fsp3) is 0.400. The highest BCUT2D eigenvalue weighted by molar-refractivity contribution is 5.27. The highest BCUT2D eigenvalue weighted by atomic mass is 16.6. The monoisotopic (exact) mass is 164 g/mol. The van der Waals surface area contributed by atoms with Crippen LogP contribution in [0.25, 0.3) is 0 Å². The zero-order valence-corrected chi connectivity index (χ0v) is 6.86. The quantitative estimate of drug-likeness (QED) is 0.683. The molecule has 0 aromatic heterocycles. The van der Waals surface area contributed by atoms with Gasteiger partial charge in [-0.2, -0.15) is 0 Å². The van der Waals surface area contributed by atoms with Gasteiger partial charge in [0.15, 0.2) is 0 Å². The molecule has 1 fully saturated rings. The van der Waals surface area contributed by atoms with E-state index in [1.807, 2.05) is 12.1 Å². The van der Waals surface area contributed by atoms with Crippen LogP contribution in [0.15, 0.2) is 24.3 Å². The summed E-state index contributed by atoms with van der Waals surface area (Å²) in [5.41, 5.74) is 2.42. The molecule has 12 heavy (non-hydrogen) atoms. The molecule has 1 unspecified atom stereocenters. The van der Waals surface area contributed by atoms with Gasteiger partial charge in [-0.15, -0.1) is 0 Å². The van der Waals surface area contributed by atoms with Gasteiger partial charge in [0.25, 0.3) is 0 Å². The van der Waals surface area contributed by atoms with Crippen LogP contribution in [0.4, 0.5) is 0 Å². The number of hydrogen-bond acceptors (Lipinski definition) is 2. The largest absolute Gasteiger partial charge is 0.396 e. The van der Waals surface area contributed by atoms with Gasteiger partial charge in [0, 0.05) is 6.61 Å². The van der Waals surface area contributed by atoms with Gasteiger partial charge in [-0.1, -0.05) is 24.3 Å². The Bertz CT molecular complexity index is 266. The lowest BCUT2D eigenvalue weighted by atomic mass is 10.1. The van der Waals surface area contributed by atoms with E-state index in [2.05, 4.69) is 12.1 Å². The summed E-state index contributed by atoms with van der Waals surface area (Å²) in [5, 5.41) is 8.73. The molecule has 0 bridgehead atoms. The number of epoxide rings is 1. The van der Waals surface area contributed by atoms with Crippen molar-refractivity contribution in [3.63, 3.8) is 0 Å². The van der Waals surface area contributed by atoms with Crippen molar-refractivity contribution < 1.29 is 9.84 Å². The Morgan fingerprint density at radius 1 is 1.50 bits per heavy atom. The summed E-state index contributed by atoms with van der Waals surface area (Å²) in [6, 6.07) is 8.22. The molecule has 0 amide bonds. The van der Waals surface area contributed by atoms with E-state index in [4.69, 9.17) is 9.84 Å². The second-order valence-corrected chi connectivity index (χ2v) is 3.04. The molecule has 1 aliphatic rings. The first kappa shape index (κ1) is 7.77. The molecular formula is C10H12O2. The molecule has 1 heterocycles. The second kappa shape index (κ2) is 3.25. The first-order chi connectivity index (χ1) is 5.90. The zero-order valence-electron chi connectivity index (χ0n) is 6.86. The van der Waals surface area contributed by atoms with Crippen molar-refractivity contribution in [2.75, 3.05) is 13.2 Å². The molecule has 2 rings (SSSR count). The van der Waals surface area contributed by atoms with Gasteiger partial charge < -0.3 is 9.84 Å². The van der Waals surface area contributed by atoms with Crippen molar-refractivity contribution in [2.24, 2.45) is 0 Å². The van der Waals surface area contributed by atoms with Crippen LogP contribution < -0.4 is 0 Å². The number of ether oxygens (including phenoxy) is 1. The van der Waals surface area contributed by atoms with Crippen LogP contribution in [0.1, 0.15) is 17.2 Å². The van der Waals surface area contributed by atoms with Crippen LogP contribution in [0.5, 0.6) is 0 Å². The van der Waals surface area contributed by atoms with Crippen LogP contribution in [-0.4, -0.2) is 18.3 Å². The van der Waals surface area contributed by atoms with Crippen molar-refractivity contribution in [3.8, 4) is 0 Å². The second-order valence-electron chi connectivity index (χ2n) is 3.04. The lowest BCUT2D eigenvalue weighted by molar-refractivity contribution is 0.299. The Balaban J connectivity index is 2.15. The van der Waals surface area contributed by atoms with Crippen molar-refractivity contribution in [1.82, 2.24) is 0 Å². The Labute approximate surface area is 71.8 Å². The topological polar surface area (TPSA) is 32.8 Å². The van der Waals surface area contributed by atoms with Crippen molar-refractivity contribution >= 4 is 0 Å². The zero-order chi connectivity index (χ0) is 8.39. The van der Waals surface area contributed by atoms with E-state index in [9.17, 15) is 0 Å². The maximum absolute atomic E-state index is 8.73. The van der Waals surface area contributed by atoms with E-state index in [-0.39, 0.29) is 6.61 Å². The highest BCUT2D eigenvalue weighted by Gasteiger charge is 2.24. The normalized spacial score (nSPS) is 20.9. The first-order valence-corrected chi connectivity index (χ1v) is 4.21. The van der Waals surface area contributed by atoms with Crippen LogP contribution in [-0.2, 0) is 11.2 Å². The molecule has 0 spiro atoms. The fourth-order valence-electron chi connectivity index (χ4n) is 1.32. The average Bonchev–Trinajstić information content (AvgIpc) is 2.88. The van der Waals surface area contributed by atoms with Crippen molar-refractivity contribution in [3.05, 3.63) is 35.4 Å². The lowest BCUT2D eigenvalue weighted by Gasteiger charge is -2.00. The van der Waals surface area contributed by atoms with Gasteiger partial charge in [0.1, 0.15) is 6.10 Å². The van der Waals surface area contributed by atoms with Gasteiger partial charge in [-0.05, 0) is 17.5 Å². The van der Waals surface area contributed by atoms with Crippen LogP contribution in [0, 0.1) is 0 Å². The summed E-state index contributed by atoms with van der Waals surface area (Å²) in [6.45, 7) is 1.07. The number of aliphatic hydroxyl groups excluding tert-OH is 1.